The second-order valence-electron chi connectivity index (χ2n) is 4.19. The van der Waals surface area contributed by atoms with Crippen LogP contribution in [0.4, 0.5) is 18.9 Å². The molecule has 0 amide bonds. The van der Waals surface area contributed by atoms with Crippen LogP contribution in [-0.4, -0.2) is 11.1 Å². The fourth-order valence-electron chi connectivity index (χ4n) is 1.67. The second-order valence-corrected chi connectivity index (χ2v) is 4.19. The van der Waals surface area contributed by atoms with Crippen molar-refractivity contribution in [3.05, 3.63) is 53.6 Å². The number of halogens is 3. The molecule has 0 aliphatic heterocycles. The Labute approximate surface area is 117 Å². The van der Waals surface area contributed by atoms with E-state index in [4.69, 9.17) is 15.6 Å². The minimum atomic E-state index is -4.50. The van der Waals surface area contributed by atoms with Crippen LogP contribution in [0.2, 0.25) is 0 Å². The summed E-state index contributed by atoms with van der Waals surface area (Å²) in [6.07, 6.45) is -4.50. The van der Waals surface area contributed by atoms with E-state index in [1.165, 1.54) is 30.3 Å². The third kappa shape index (κ3) is 3.44. The third-order valence-corrected chi connectivity index (χ3v) is 2.62. The van der Waals surface area contributed by atoms with Crippen LogP contribution in [-0.2, 0) is 6.18 Å². The van der Waals surface area contributed by atoms with Crippen molar-refractivity contribution < 1.29 is 27.8 Å². The summed E-state index contributed by atoms with van der Waals surface area (Å²) < 4.78 is 43.0. The number of nitrogens with two attached hydrogens (primary N) is 1. The summed E-state index contributed by atoms with van der Waals surface area (Å²) in [5.41, 5.74) is 4.57. The van der Waals surface area contributed by atoms with Gasteiger partial charge in [-0.15, -0.1) is 0 Å². The molecule has 0 aliphatic carbocycles. The summed E-state index contributed by atoms with van der Waals surface area (Å²) in [7, 11) is 0. The van der Waals surface area contributed by atoms with Gasteiger partial charge in [0.15, 0.2) is 0 Å². The van der Waals surface area contributed by atoms with Gasteiger partial charge in [-0.25, -0.2) is 4.79 Å². The SMILES string of the molecule is Nc1ccc(Oc2cccc(C(F)(F)F)c2)c(C(=O)O)c1. The first-order chi connectivity index (χ1) is 9.77. The Kier molecular flexibility index (Phi) is 3.75. The number of nitrogen functional groups attached to an aromatic ring is 1. The van der Waals surface area contributed by atoms with E-state index in [0.29, 0.717) is 0 Å². The molecule has 4 nitrogen and oxygen atoms in total. The molecular weight excluding hydrogens is 287 g/mol. The quantitative estimate of drug-likeness (QED) is 0.846. The Morgan fingerprint density at radius 1 is 1.14 bits per heavy atom. The summed E-state index contributed by atoms with van der Waals surface area (Å²) in [6, 6.07) is 8.03. The molecule has 110 valence electrons. The Hall–Kier alpha value is -2.70. The highest BCUT2D eigenvalue weighted by atomic mass is 19.4. The largest absolute Gasteiger partial charge is 0.478 e. The summed E-state index contributed by atoms with van der Waals surface area (Å²) in [5, 5.41) is 9.04. The number of anilines is 1. The second kappa shape index (κ2) is 5.35. The first kappa shape index (κ1) is 14.7. The maximum atomic E-state index is 12.6. The normalized spacial score (nSPS) is 11.2. The van der Waals surface area contributed by atoms with Crippen molar-refractivity contribution in [3.63, 3.8) is 0 Å². The molecule has 0 unspecified atom stereocenters. The highest BCUT2D eigenvalue weighted by Crippen LogP contribution is 2.33. The van der Waals surface area contributed by atoms with E-state index >= 15 is 0 Å². The van der Waals surface area contributed by atoms with Crippen LogP contribution in [0, 0.1) is 0 Å². The van der Waals surface area contributed by atoms with Crippen LogP contribution >= 0.6 is 0 Å². The van der Waals surface area contributed by atoms with Crippen molar-refractivity contribution in [2.45, 2.75) is 6.18 Å². The van der Waals surface area contributed by atoms with Gasteiger partial charge in [0.2, 0.25) is 0 Å². The Morgan fingerprint density at radius 2 is 1.86 bits per heavy atom. The third-order valence-electron chi connectivity index (χ3n) is 2.62. The maximum absolute atomic E-state index is 12.6. The highest BCUT2D eigenvalue weighted by Gasteiger charge is 2.30. The van der Waals surface area contributed by atoms with Crippen LogP contribution in [0.3, 0.4) is 0 Å². The number of alkyl halides is 3. The number of benzene rings is 2. The Bertz CT molecular complexity index is 683. The summed E-state index contributed by atoms with van der Waals surface area (Å²) in [6.45, 7) is 0. The molecule has 2 rings (SSSR count). The first-order valence-electron chi connectivity index (χ1n) is 5.75. The van der Waals surface area contributed by atoms with E-state index in [2.05, 4.69) is 0 Å². The zero-order valence-corrected chi connectivity index (χ0v) is 10.5. The molecule has 21 heavy (non-hydrogen) atoms. The number of carbonyl (C=O) groups is 1. The molecule has 7 heteroatoms. The molecule has 0 aliphatic rings. The van der Waals surface area contributed by atoms with Crippen molar-refractivity contribution in [2.24, 2.45) is 0 Å². The van der Waals surface area contributed by atoms with Crippen LogP contribution in [0.15, 0.2) is 42.5 Å². The lowest BCUT2D eigenvalue weighted by atomic mass is 10.1. The van der Waals surface area contributed by atoms with Gasteiger partial charge in [0.05, 0.1) is 5.56 Å². The molecule has 0 bridgehead atoms. The molecule has 0 radical (unpaired) electrons. The van der Waals surface area contributed by atoms with Crippen LogP contribution in [0.25, 0.3) is 0 Å². The topological polar surface area (TPSA) is 72.5 Å². The van der Waals surface area contributed by atoms with Gasteiger partial charge in [-0.3, -0.25) is 0 Å². The molecule has 3 N–H and O–H groups in total. The fraction of sp³-hybridized carbons (Fsp3) is 0.0714. The minimum absolute atomic E-state index is 0.0870. The van der Waals surface area contributed by atoms with Gasteiger partial charge in [-0.2, -0.15) is 13.2 Å². The monoisotopic (exact) mass is 297 g/mol. The van der Waals surface area contributed by atoms with Crippen molar-refractivity contribution in [1.29, 1.82) is 0 Å². The average Bonchev–Trinajstić information content (AvgIpc) is 2.40. The van der Waals surface area contributed by atoms with Crippen molar-refractivity contribution >= 4 is 11.7 Å². The number of rotatable bonds is 3. The van der Waals surface area contributed by atoms with Crippen molar-refractivity contribution in [3.8, 4) is 11.5 Å². The van der Waals surface area contributed by atoms with Gasteiger partial charge in [-0.1, -0.05) is 6.07 Å². The van der Waals surface area contributed by atoms with E-state index < -0.39 is 17.7 Å². The molecule has 0 aromatic heterocycles. The van der Waals surface area contributed by atoms with Crippen LogP contribution in [0.1, 0.15) is 15.9 Å². The standard InChI is InChI=1S/C14H10F3NO3/c15-14(16,17)8-2-1-3-10(6-8)21-12-5-4-9(18)7-11(12)13(19)20/h1-7H,18H2,(H,19,20). The van der Waals surface area contributed by atoms with Gasteiger partial charge in [0, 0.05) is 5.69 Å². The van der Waals surface area contributed by atoms with Crippen LogP contribution in [0.5, 0.6) is 11.5 Å². The van der Waals surface area contributed by atoms with E-state index in [9.17, 15) is 18.0 Å². The van der Waals surface area contributed by atoms with Gasteiger partial charge < -0.3 is 15.6 Å². The molecule has 2 aromatic carbocycles. The molecular formula is C14H10F3NO3. The summed E-state index contributed by atoms with van der Waals surface area (Å²) in [5.74, 6) is -1.49. The molecule has 0 atom stereocenters. The van der Waals surface area contributed by atoms with E-state index in [1.54, 1.807) is 0 Å². The Morgan fingerprint density at radius 3 is 2.48 bits per heavy atom. The van der Waals surface area contributed by atoms with Gasteiger partial charge in [-0.05, 0) is 36.4 Å². The Balaban J connectivity index is 2.37. The predicted octanol–water partition coefficient (Wildman–Crippen LogP) is 3.78. The molecule has 0 heterocycles. The lowest BCUT2D eigenvalue weighted by Gasteiger charge is -2.11. The highest BCUT2D eigenvalue weighted by molar-refractivity contribution is 5.92. The number of ether oxygens (including phenoxy) is 1. The van der Waals surface area contributed by atoms with E-state index in [1.807, 2.05) is 0 Å². The fourth-order valence-corrected chi connectivity index (χ4v) is 1.67. The molecule has 0 fully saturated rings. The van der Waals surface area contributed by atoms with Crippen molar-refractivity contribution in [2.75, 3.05) is 5.73 Å². The number of carboxylic acid groups (broad SMARTS) is 1. The lowest BCUT2D eigenvalue weighted by Crippen LogP contribution is -2.05. The zero-order valence-electron chi connectivity index (χ0n) is 10.5. The lowest BCUT2D eigenvalue weighted by molar-refractivity contribution is -0.137. The average molecular weight is 297 g/mol. The summed E-state index contributed by atoms with van der Waals surface area (Å²) in [4.78, 5) is 11.1. The number of hydrogen-bond donors (Lipinski definition) is 2. The predicted molar refractivity (Wildman–Crippen MR) is 69.3 cm³/mol. The minimum Gasteiger partial charge on any atom is -0.478 e. The molecule has 0 spiro atoms. The smallest absolute Gasteiger partial charge is 0.416 e. The number of carboxylic acids is 1. The number of hydrogen-bond acceptors (Lipinski definition) is 3. The first-order valence-corrected chi connectivity index (χ1v) is 5.75. The van der Waals surface area contributed by atoms with Gasteiger partial charge in [0.1, 0.15) is 17.1 Å². The molecule has 0 saturated carbocycles. The number of aromatic carboxylic acids is 1. The van der Waals surface area contributed by atoms with Crippen LogP contribution < -0.4 is 10.5 Å². The van der Waals surface area contributed by atoms with E-state index in [-0.39, 0.29) is 22.7 Å². The maximum Gasteiger partial charge on any atom is 0.416 e. The van der Waals surface area contributed by atoms with Crippen molar-refractivity contribution in [1.82, 2.24) is 0 Å². The van der Waals surface area contributed by atoms with Gasteiger partial charge >= 0.3 is 12.1 Å². The molecule has 2 aromatic rings. The van der Waals surface area contributed by atoms with E-state index in [0.717, 1.165) is 12.1 Å². The molecule has 0 saturated heterocycles. The zero-order chi connectivity index (χ0) is 15.6. The van der Waals surface area contributed by atoms with Gasteiger partial charge in [0.25, 0.3) is 0 Å². The summed E-state index contributed by atoms with van der Waals surface area (Å²) >= 11 is 0.